The van der Waals surface area contributed by atoms with Crippen molar-refractivity contribution in [1.82, 2.24) is 5.32 Å². The van der Waals surface area contributed by atoms with Gasteiger partial charge in [-0.3, -0.25) is 0 Å². The molecule has 1 amide bonds. The molecule has 0 aliphatic carbocycles. The molecule has 0 aromatic rings. The third kappa shape index (κ3) is 10.4. The molecule has 0 heterocycles. The average molecular weight is 273 g/mol. The molecule has 1 unspecified atom stereocenters. The van der Waals surface area contributed by atoms with E-state index in [2.05, 4.69) is 12.2 Å². The number of alkyl carbamates (subject to hydrolysis) is 1. The van der Waals surface area contributed by atoms with Crippen molar-refractivity contribution in [3.8, 4) is 0 Å². The SMILES string of the molecule is CCCCCCCOC(=O)C(C)NC(=O)OCCC. The minimum atomic E-state index is -0.667. The number of hydrogen-bond acceptors (Lipinski definition) is 4. The van der Waals surface area contributed by atoms with Crippen LogP contribution in [0.15, 0.2) is 0 Å². The quantitative estimate of drug-likeness (QED) is 0.491. The molecule has 0 saturated carbocycles. The smallest absolute Gasteiger partial charge is 0.407 e. The zero-order chi connectivity index (χ0) is 14.5. The van der Waals surface area contributed by atoms with E-state index in [-0.39, 0.29) is 0 Å². The minimum absolute atomic E-state index is 0.352. The van der Waals surface area contributed by atoms with E-state index in [0.717, 1.165) is 19.3 Å². The van der Waals surface area contributed by atoms with Gasteiger partial charge in [-0.15, -0.1) is 0 Å². The van der Waals surface area contributed by atoms with Crippen molar-refractivity contribution in [1.29, 1.82) is 0 Å². The van der Waals surface area contributed by atoms with Gasteiger partial charge in [0.2, 0.25) is 0 Å². The molecule has 0 spiro atoms. The van der Waals surface area contributed by atoms with Gasteiger partial charge >= 0.3 is 12.1 Å². The lowest BCUT2D eigenvalue weighted by Gasteiger charge is -2.13. The second-order valence-corrected chi connectivity index (χ2v) is 4.58. The fraction of sp³-hybridized carbons (Fsp3) is 0.857. The molecule has 1 atom stereocenters. The molecule has 5 heteroatoms. The van der Waals surface area contributed by atoms with Crippen molar-refractivity contribution < 1.29 is 19.1 Å². The van der Waals surface area contributed by atoms with Crippen LogP contribution in [-0.4, -0.2) is 31.3 Å². The molecule has 0 fully saturated rings. The van der Waals surface area contributed by atoms with Crippen LogP contribution < -0.4 is 5.32 Å². The fourth-order valence-corrected chi connectivity index (χ4v) is 1.48. The number of hydrogen-bond donors (Lipinski definition) is 1. The van der Waals surface area contributed by atoms with E-state index in [1.54, 1.807) is 6.92 Å². The first kappa shape index (κ1) is 17.7. The van der Waals surface area contributed by atoms with Gasteiger partial charge in [0.25, 0.3) is 0 Å². The van der Waals surface area contributed by atoms with Crippen LogP contribution in [0.3, 0.4) is 0 Å². The number of ether oxygens (including phenoxy) is 2. The van der Waals surface area contributed by atoms with Crippen LogP contribution in [0, 0.1) is 0 Å². The number of unbranched alkanes of at least 4 members (excludes halogenated alkanes) is 4. The molecule has 1 N–H and O–H groups in total. The summed E-state index contributed by atoms with van der Waals surface area (Å²) in [6.45, 7) is 6.42. The van der Waals surface area contributed by atoms with Gasteiger partial charge in [0, 0.05) is 0 Å². The van der Waals surface area contributed by atoms with E-state index >= 15 is 0 Å². The molecule has 0 saturated heterocycles. The first-order valence-electron chi connectivity index (χ1n) is 7.21. The molecule has 0 rings (SSSR count). The second-order valence-electron chi connectivity index (χ2n) is 4.58. The Labute approximate surface area is 116 Å². The topological polar surface area (TPSA) is 64.6 Å². The Bertz CT molecular complexity index is 256. The highest BCUT2D eigenvalue weighted by molar-refractivity contribution is 5.80. The molecule has 0 radical (unpaired) electrons. The number of amides is 1. The number of carbonyl (C=O) groups is 2. The number of rotatable bonds is 10. The van der Waals surface area contributed by atoms with Crippen LogP contribution in [0.25, 0.3) is 0 Å². The van der Waals surface area contributed by atoms with Gasteiger partial charge in [-0.1, -0.05) is 39.5 Å². The fourth-order valence-electron chi connectivity index (χ4n) is 1.48. The lowest BCUT2D eigenvalue weighted by molar-refractivity contribution is -0.145. The third-order valence-corrected chi connectivity index (χ3v) is 2.62. The van der Waals surface area contributed by atoms with Crippen LogP contribution in [0.4, 0.5) is 4.79 Å². The summed E-state index contributed by atoms with van der Waals surface area (Å²) in [7, 11) is 0. The van der Waals surface area contributed by atoms with Crippen LogP contribution in [0.5, 0.6) is 0 Å². The van der Waals surface area contributed by atoms with Gasteiger partial charge in [0.05, 0.1) is 13.2 Å². The molecular formula is C14H27NO4. The van der Waals surface area contributed by atoms with Gasteiger partial charge in [-0.2, -0.15) is 0 Å². The van der Waals surface area contributed by atoms with Crippen LogP contribution in [0.2, 0.25) is 0 Å². The maximum Gasteiger partial charge on any atom is 0.407 e. The van der Waals surface area contributed by atoms with Crippen molar-refractivity contribution in [3.63, 3.8) is 0 Å². The van der Waals surface area contributed by atoms with Crippen molar-refractivity contribution in [2.75, 3.05) is 13.2 Å². The number of carbonyl (C=O) groups excluding carboxylic acids is 2. The minimum Gasteiger partial charge on any atom is -0.464 e. The van der Waals surface area contributed by atoms with Crippen LogP contribution in [0.1, 0.15) is 59.3 Å². The van der Waals surface area contributed by atoms with E-state index in [1.807, 2.05) is 6.92 Å². The summed E-state index contributed by atoms with van der Waals surface area (Å²) in [5.41, 5.74) is 0. The van der Waals surface area contributed by atoms with Gasteiger partial charge in [-0.25, -0.2) is 9.59 Å². The standard InChI is InChI=1S/C14H27NO4/c1-4-6-7-8-9-11-18-13(16)12(3)15-14(17)19-10-5-2/h12H,4-11H2,1-3H3,(H,15,17). The van der Waals surface area contributed by atoms with Gasteiger partial charge in [0.15, 0.2) is 0 Å². The summed E-state index contributed by atoms with van der Waals surface area (Å²) in [6, 6.07) is -0.667. The Morgan fingerprint density at radius 2 is 1.63 bits per heavy atom. The summed E-state index contributed by atoms with van der Waals surface area (Å²) < 4.78 is 9.90. The molecule has 0 bridgehead atoms. The van der Waals surface area contributed by atoms with Crippen LogP contribution in [-0.2, 0) is 14.3 Å². The molecule has 112 valence electrons. The number of esters is 1. The lowest BCUT2D eigenvalue weighted by atomic mass is 10.2. The van der Waals surface area contributed by atoms with Crippen molar-refractivity contribution >= 4 is 12.1 Å². The normalized spacial score (nSPS) is 11.7. The Morgan fingerprint density at radius 1 is 0.947 bits per heavy atom. The highest BCUT2D eigenvalue weighted by Crippen LogP contribution is 2.02. The highest BCUT2D eigenvalue weighted by atomic mass is 16.6. The van der Waals surface area contributed by atoms with E-state index < -0.39 is 18.1 Å². The Hall–Kier alpha value is -1.26. The first-order valence-corrected chi connectivity index (χ1v) is 7.21. The predicted molar refractivity (Wildman–Crippen MR) is 74.0 cm³/mol. The summed E-state index contributed by atoms with van der Waals surface area (Å²) >= 11 is 0. The van der Waals surface area contributed by atoms with Gasteiger partial charge < -0.3 is 14.8 Å². The first-order chi connectivity index (χ1) is 9.11. The lowest BCUT2D eigenvalue weighted by Crippen LogP contribution is -2.40. The Morgan fingerprint density at radius 3 is 2.26 bits per heavy atom. The summed E-state index contributed by atoms with van der Waals surface area (Å²) in [5, 5.41) is 2.44. The van der Waals surface area contributed by atoms with Crippen molar-refractivity contribution in [2.45, 2.75) is 65.3 Å². The van der Waals surface area contributed by atoms with Crippen molar-refractivity contribution in [3.05, 3.63) is 0 Å². The molecule has 0 aliphatic rings. The second kappa shape index (κ2) is 11.8. The molecule has 0 aliphatic heterocycles. The van der Waals surface area contributed by atoms with E-state index in [9.17, 15) is 9.59 Å². The molecule has 0 aromatic heterocycles. The predicted octanol–water partition coefficient (Wildman–Crippen LogP) is 3.02. The Kier molecular flexibility index (Phi) is 11.0. The molecule has 5 nitrogen and oxygen atoms in total. The van der Waals surface area contributed by atoms with Crippen LogP contribution >= 0.6 is 0 Å². The molecule has 0 aromatic carbocycles. The molecule has 19 heavy (non-hydrogen) atoms. The van der Waals surface area contributed by atoms with E-state index in [1.165, 1.54) is 19.3 Å². The molecular weight excluding hydrogens is 246 g/mol. The zero-order valence-electron chi connectivity index (χ0n) is 12.4. The van der Waals surface area contributed by atoms with Crippen molar-refractivity contribution in [2.24, 2.45) is 0 Å². The monoisotopic (exact) mass is 273 g/mol. The van der Waals surface area contributed by atoms with E-state index in [4.69, 9.17) is 9.47 Å². The third-order valence-electron chi connectivity index (χ3n) is 2.62. The largest absolute Gasteiger partial charge is 0.464 e. The summed E-state index contributed by atoms with van der Waals surface area (Å²) in [6.07, 6.45) is 5.71. The summed E-state index contributed by atoms with van der Waals surface area (Å²) in [4.78, 5) is 22.8. The maximum atomic E-state index is 11.5. The summed E-state index contributed by atoms with van der Waals surface area (Å²) in [5.74, 6) is -0.413. The average Bonchev–Trinajstić information content (AvgIpc) is 2.40. The Balaban J connectivity index is 3.61. The zero-order valence-corrected chi connectivity index (χ0v) is 12.4. The maximum absolute atomic E-state index is 11.5. The number of nitrogens with one attached hydrogen (secondary N) is 1. The van der Waals surface area contributed by atoms with E-state index in [0.29, 0.717) is 13.2 Å². The van der Waals surface area contributed by atoms with Gasteiger partial charge in [-0.05, 0) is 19.8 Å². The van der Waals surface area contributed by atoms with Gasteiger partial charge in [0.1, 0.15) is 6.04 Å². The highest BCUT2D eigenvalue weighted by Gasteiger charge is 2.17.